The third kappa shape index (κ3) is 3.73. The van der Waals surface area contributed by atoms with Crippen LogP contribution in [0.1, 0.15) is 33.7 Å². The summed E-state index contributed by atoms with van der Waals surface area (Å²) in [6.45, 7) is 3.08. The molecular formula is C26H24FN3O2. The van der Waals surface area contributed by atoms with Crippen LogP contribution in [-0.4, -0.2) is 34.4 Å². The normalized spacial score (nSPS) is 13.7. The quantitative estimate of drug-likeness (QED) is 0.482. The first kappa shape index (κ1) is 20.2. The number of amides is 1. The van der Waals surface area contributed by atoms with Crippen LogP contribution in [0.2, 0.25) is 0 Å². The highest BCUT2D eigenvalue weighted by Gasteiger charge is 2.22. The molecule has 32 heavy (non-hydrogen) atoms. The smallest absolute Gasteiger partial charge is 0.254 e. The van der Waals surface area contributed by atoms with E-state index in [1.807, 2.05) is 13.0 Å². The minimum absolute atomic E-state index is 0.136. The van der Waals surface area contributed by atoms with Crippen molar-refractivity contribution in [2.24, 2.45) is 0 Å². The Morgan fingerprint density at radius 2 is 1.88 bits per heavy atom. The number of carbonyl (C=O) groups is 1. The van der Waals surface area contributed by atoms with E-state index >= 15 is 0 Å². The Morgan fingerprint density at radius 1 is 1.06 bits per heavy atom. The van der Waals surface area contributed by atoms with Crippen molar-refractivity contribution in [1.29, 1.82) is 0 Å². The zero-order valence-corrected chi connectivity index (χ0v) is 18.1. The summed E-state index contributed by atoms with van der Waals surface area (Å²) in [5, 5.41) is 0. The highest BCUT2D eigenvalue weighted by molar-refractivity contribution is 5.94. The van der Waals surface area contributed by atoms with Crippen LogP contribution in [-0.2, 0) is 13.0 Å². The van der Waals surface area contributed by atoms with Crippen LogP contribution >= 0.6 is 0 Å². The van der Waals surface area contributed by atoms with Crippen molar-refractivity contribution in [2.75, 3.05) is 13.7 Å². The fourth-order valence-electron chi connectivity index (χ4n) is 4.41. The number of benzene rings is 3. The number of nitrogens with one attached hydrogen (secondary N) is 1. The van der Waals surface area contributed by atoms with E-state index in [-0.39, 0.29) is 11.7 Å². The number of fused-ring (bicyclic) bond motifs is 2. The van der Waals surface area contributed by atoms with Crippen molar-refractivity contribution < 1.29 is 13.9 Å². The van der Waals surface area contributed by atoms with Gasteiger partial charge in [-0.3, -0.25) is 4.79 Å². The number of aromatic amines is 1. The Hall–Kier alpha value is -3.67. The minimum Gasteiger partial charge on any atom is -0.494 e. The molecule has 0 fully saturated rings. The van der Waals surface area contributed by atoms with Crippen LogP contribution in [0.15, 0.2) is 54.6 Å². The number of nitrogens with zero attached hydrogens (tertiary/aromatic N) is 2. The van der Waals surface area contributed by atoms with Crippen LogP contribution < -0.4 is 4.74 Å². The van der Waals surface area contributed by atoms with E-state index in [1.165, 1.54) is 24.8 Å². The maximum atomic E-state index is 14.1. The molecule has 0 atom stereocenters. The molecule has 6 heteroatoms. The Balaban J connectivity index is 1.45. The first-order chi connectivity index (χ1) is 15.5. The van der Waals surface area contributed by atoms with E-state index in [9.17, 15) is 9.18 Å². The van der Waals surface area contributed by atoms with Gasteiger partial charge < -0.3 is 14.6 Å². The molecule has 0 spiro atoms. The van der Waals surface area contributed by atoms with Crippen LogP contribution in [0, 0.1) is 12.7 Å². The molecule has 1 N–H and O–H groups in total. The van der Waals surface area contributed by atoms with Crippen LogP contribution in [0.5, 0.6) is 5.75 Å². The highest BCUT2D eigenvalue weighted by atomic mass is 19.1. The lowest BCUT2D eigenvalue weighted by atomic mass is 9.97. The van der Waals surface area contributed by atoms with Gasteiger partial charge in [0.25, 0.3) is 5.91 Å². The number of halogens is 1. The SMILES string of the molecule is COc1ccc(C(=O)N2CCCc3ccc(-c4ccc5[nH]c(C)nc5c4)cc3C2)cc1F. The topological polar surface area (TPSA) is 58.2 Å². The van der Waals surface area contributed by atoms with E-state index in [2.05, 4.69) is 40.3 Å². The summed E-state index contributed by atoms with van der Waals surface area (Å²) in [7, 11) is 1.41. The fraction of sp³-hybridized carbons (Fsp3) is 0.231. The summed E-state index contributed by atoms with van der Waals surface area (Å²) < 4.78 is 19.1. The van der Waals surface area contributed by atoms with E-state index in [0.717, 1.165) is 46.4 Å². The van der Waals surface area contributed by atoms with Crippen molar-refractivity contribution in [3.63, 3.8) is 0 Å². The van der Waals surface area contributed by atoms with E-state index in [1.54, 1.807) is 11.0 Å². The second-order valence-corrected chi connectivity index (χ2v) is 8.22. The van der Waals surface area contributed by atoms with Gasteiger partial charge in [-0.1, -0.05) is 18.2 Å². The Kier molecular flexibility index (Phi) is 5.13. The molecule has 0 saturated carbocycles. The third-order valence-corrected chi connectivity index (χ3v) is 6.06. The Morgan fingerprint density at radius 3 is 2.69 bits per heavy atom. The molecule has 5 nitrogen and oxygen atoms in total. The van der Waals surface area contributed by atoms with Crippen molar-refractivity contribution in [2.45, 2.75) is 26.3 Å². The maximum absolute atomic E-state index is 14.1. The standard InChI is InChI=1S/C26H24FN3O2/c1-16-28-23-9-7-19(14-24(23)29-16)18-6-5-17-4-3-11-30(15-21(17)12-18)26(31)20-8-10-25(32-2)22(27)13-20/h5-10,12-14H,3-4,11,15H2,1-2H3,(H,28,29). The number of aryl methyl sites for hydroxylation is 2. The largest absolute Gasteiger partial charge is 0.494 e. The lowest BCUT2D eigenvalue weighted by molar-refractivity contribution is 0.0745. The molecule has 3 aromatic carbocycles. The molecule has 0 saturated heterocycles. The molecule has 1 aliphatic rings. The number of rotatable bonds is 3. The second kappa shape index (κ2) is 8.11. The lowest BCUT2D eigenvalue weighted by Crippen LogP contribution is -2.30. The fourth-order valence-corrected chi connectivity index (χ4v) is 4.41. The summed E-state index contributed by atoms with van der Waals surface area (Å²) in [5.41, 5.74) is 6.85. The molecule has 1 aromatic heterocycles. The molecule has 0 unspecified atom stereocenters. The van der Waals surface area contributed by atoms with Crippen LogP contribution in [0.4, 0.5) is 4.39 Å². The van der Waals surface area contributed by atoms with E-state index in [0.29, 0.717) is 18.7 Å². The number of aromatic nitrogens is 2. The summed E-state index contributed by atoms with van der Waals surface area (Å²) >= 11 is 0. The zero-order chi connectivity index (χ0) is 22.2. The average molecular weight is 429 g/mol. The summed E-state index contributed by atoms with van der Waals surface area (Å²) in [6.07, 6.45) is 1.78. The molecule has 0 aliphatic carbocycles. The number of ether oxygens (including phenoxy) is 1. The molecular weight excluding hydrogens is 405 g/mol. The molecule has 2 heterocycles. The monoisotopic (exact) mass is 429 g/mol. The van der Waals surface area contributed by atoms with Crippen molar-refractivity contribution in [3.05, 3.63) is 82.9 Å². The van der Waals surface area contributed by atoms with Gasteiger partial charge in [-0.2, -0.15) is 0 Å². The second-order valence-electron chi connectivity index (χ2n) is 8.22. The number of carbonyl (C=O) groups excluding carboxylic acids is 1. The Labute approximate surface area is 185 Å². The van der Waals surface area contributed by atoms with Gasteiger partial charge >= 0.3 is 0 Å². The van der Waals surface area contributed by atoms with Gasteiger partial charge in [-0.15, -0.1) is 0 Å². The van der Waals surface area contributed by atoms with Gasteiger partial charge in [-0.25, -0.2) is 9.37 Å². The van der Waals surface area contributed by atoms with Crippen LogP contribution in [0.3, 0.4) is 0 Å². The van der Waals surface area contributed by atoms with Gasteiger partial charge in [0.1, 0.15) is 5.82 Å². The Bertz CT molecular complexity index is 1330. The van der Waals surface area contributed by atoms with E-state index in [4.69, 9.17) is 4.74 Å². The lowest BCUT2D eigenvalue weighted by Gasteiger charge is -2.21. The maximum Gasteiger partial charge on any atom is 0.254 e. The van der Waals surface area contributed by atoms with Crippen LogP contribution in [0.25, 0.3) is 22.2 Å². The predicted octanol–water partition coefficient (Wildman–Crippen LogP) is 5.27. The minimum atomic E-state index is -0.528. The summed E-state index contributed by atoms with van der Waals surface area (Å²) in [5.74, 6) is 0.331. The summed E-state index contributed by atoms with van der Waals surface area (Å²) in [4.78, 5) is 22.7. The molecule has 5 rings (SSSR count). The van der Waals surface area contributed by atoms with Gasteiger partial charge in [-0.05, 0) is 78.4 Å². The van der Waals surface area contributed by atoms with Gasteiger partial charge in [0.2, 0.25) is 0 Å². The molecule has 4 aromatic rings. The molecule has 1 amide bonds. The molecule has 0 bridgehead atoms. The zero-order valence-electron chi connectivity index (χ0n) is 18.1. The summed E-state index contributed by atoms with van der Waals surface area (Å²) in [6, 6.07) is 17.0. The van der Waals surface area contributed by atoms with Gasteiger partial charge in [0.15, 0.2) is 11.6 Å². The highest BCUT2D eigenvalue weighted by Crippen LogP contribution is 2.29. The first-order valence-corrected chi connectivity index (χ1v) is 10.7. The third-order valence-electron chi connectivity index (χ3n) is 6.06. The van der Waals surface area contributed by atoms with Gasteiger partial charge in [0, 0.05) is 18.7 Å². The van der Waals surface area contributed by atoms with Crippen molar-refractivity contribution in [3.8, 4) is 16.9 Å². The van der Waals surface area contributed by atoms with Gasteiger partial charge in [0.05, 0.1) is 18.1 Å². The molecule has 0 radical (unpaired) electrons. The van der Waals surface area contributed by atoms with Crippen molar-refractivity contribution >= 4 is 16.9 Å². The molecule has 1 aliphatic heterocycles. The number of hydrogen-bond acceptors (Lipinski definition) is 3. The molecule has 162 valence electrons. The predicted molar refractivity (Wildman–Crippen MR) is 122 cm³/mol. The van der Waals surface area contributed by atoms with Crippen molar-refractivity contribution in [1.82, 2.24) is 14.9 Å². The number of methoxy groups -OCH3 is 1. The average Bonchev–Trinajstić information content (AvgIpc) is 3.04. The first-order valence-electron chi connectivity index (χ1n) is 10.7. The number of hydrogen-bond donors (Lipinski definition) is 1. The number of imidazole rings is 1. The number of H-pyrrole nitrogens is 1. The van der Waals surface area contributed by atoms with E-state index < -0.39 is 5.82 Å².